The van der Waals surface area contributed by atoms with Crippen LogP contribution in [-0.4, -0.2) is 23.6 Å². The summed E-state index contributed by atoms with van der Waals surface area (Å²) in [6.07, 6.45) is 0. The zero-order chi connectivity index (χ0) is 20.6. The van der Waals surface area contributed by atoms with E-state index in [9.17, 15) is 12.8 Å². The van der Waals surface area contributed by atoms with Gasteiger partial charge in [0.15, 0.2) is 5.03 Å². The molecular weight excluding hydrogens is 419 g/mol. The number of benzene rings is 2. The van der Waals surface area contributed by atoms with Gasteiger partial charge in [-0.3, -0.25) is 4.72 Å². The van der Waals surface area contributed by atoms with Gasteiger partial charge in [0, 0.05) is 10.6 Å². The molecule has 0 amide bonds. The molecule has 0 aliphatic carbocycles. The van der Waals surface area contributed by atoms with Gasteiger partial charge in [0.1, 0.15) is 11.5 Å². The molecular formula is C19H14ClFN4O3S. The number of sulfonamides is 1. The second-order valence-corrected chi connectivity index (χ2v) is 8.31. The van der Waals surface area contributed by atoms with Crippen molar-refractivity contribution >= 4 is 27.3 Å². The van der Waals surface area contributed by atoms with Gasteiger partial charge in [0.2, 0.25) is 5.89 Å². The van der Waals surface area contributed by atoms with E-state index >= 15 is 0 Å². The molecule has 2 aromatic carbocycles. The fraction of sp³-hybridized carbons (Fsp3) is 0.0526. The third kappa shape index (κ3) is 4.01. The molecule has 2 N–H and O–H groups in total. The van der Waals surface area contributed by atoms with Crippen molar-refractivity contribution in [1.82, 2.24) is 15.2 Å². The Kier molecular flexibility index (Phi) is 4.85. The Morgan fingerprint density at radius 1 is 1.03 bits per heavy atom. The van der Waals surface area contributed by atoms with Crippen molar-refractivity contribution in [2.45, 2.75) is 11.9 Å². The number of hydrogen-bond acceptors (Lipinski definition) is 5. The molecule has 0 saturated heterocycles. The van der Waals surface area contributed by atoms with Crippen LogP contribution in [0.2, 0.25) is 5.02 Å². The first-order valence-corrected chi connectivity index (χ1v) is 10.3. The Morgan fingerprint density at radius 3 is 2.52 bits per heavy atom. The van der Waals surface area contributed by atoms with Crippen molar-refractivity contribution in [2.75, 3.05) is 4.72 Å². The van der Waals surface area contributed by atoms with Crippen LogP contribution in [0.15, 0.2) is 64.0 Å². The van der Waals surface area contributed by atoms with Gasteiger partial charge in [-0.15, -0.1) is 10.2 Å². The van der Waals surface area contributed by atoms with E-state index in [1.807, 2.05) is 0 Å². The molecule has 0 fully saturated rings. The highest BCUT2D eigenvalue weighted by atomic mass is 35.5. The normalized spacial score (nSPS) is 11.6. The Labute approximate surface area is 170 Å². The third-order valence-electron chi connectivity index (χ3n) is 4.14. The van der Waals surface area contributed by atoms with E-state index in [0.29, 0.717) is 22.0 Å². The molecule has 4 aromatic rings. The number of hydrogen-bond donors (Lipinski definition) is 2. The number of aromatic amines is 1. The van der Waals surface area contributed by atoms with Gasteiger partial charge in [0.05, 0.1) is 5.69 Å². The Balaban J connectivity index is 1.59. The smallest absolute Gasteiger partial charge is 0.277 e. The maximum Gasteiger partial charge on any atom is 0.277 e. The molecule has 0 aliphatic heterocycles. The summed E-state index contributed by atoms with van der Waals surface area (Å²) in [5.41, 5.74) is 1.98. The van der Waals surface area contributed by atoms with Crippen molar-refractivity contribution in [1.29, 1.82) is 0 Å². The summed E-state index contributed by atoms with van der Waals surface area (Å²) in [5.74, 6) is -0.0912. The highest BCUT2D eigenvalue weighted by molar-refractivity contribution is 7.92. The molecule has 10 heteroatoms. The average Bonchev–Trinajstić information content (AvgIpc) is 3.35. The van der Waals surface area contributed by atoms with E-state index in [4.69, 9.17) is 16.0 Å². The first-order valence-electron chi connectivity index (χ1n) is 8.40. The maximum atomic E-state index is 13.0. The summed E-state index contributed by atoms with van der Waals surface area (Å²) >= 11 is 5.95. The summed E-state index contributed by atoms with van der Waals surface area (Å²) in [4.78, 5) is 2.76. The number of nitrogens with zero attached hydrogens (tertiary/aromatic N) is 2. The van der Waals surface area contributed by atoms with Gasteiger partial charge in [-0.25, -0.2) is 4.39 Å². The zero-order valence-electron chi connectivity index (χ0n) is 15.0. The third-order valence-corrected chi connectivity index (χ3v) is 5.68. The van der Waals surface area contributed by atoms with Gasteiger partial charge in [-0.1, -0.05) is 17.7 Å². The van der Waals surface area contributed by atoms with Crippen LogP contribution in [0.5, 0.6) is 0 Å². The van der Waals surface area contributed by atoms with Crippen molar-refractivity contribution in [3.63, 3.8) is 0 Å². The van der Waals surface area contributed by atoms with Gasteiger partial charge < -0.3 is 9.40 Å². The quantitative estimate of drug-likeness (QED) is 0.478. The van der Waals surface area contributed by atoms with Crippen LogP contribution in [0, 0.1) is 12.7 Å². The summed E-state index contributed by atoms with van der Waals surface area (Å²) < 4.78 is 46.5. The maximum absolute atomic E-state index is 13.0. The number of nitrogens with one attached hydrogen (secondary N) is 2. The highest BCUT2D eigenvalue weighted by Crippen LogP contribution is 2.26. The summed E-state index contributed by atoms with van der Waals surface area (Å²) in [7, 11) is -3.89. The van der Waals surface area contributed by atoms with Crippen LogP contribution < -0.4 is 4.72 Å². The Bertz CT molecular complexity index is 1280. The second-order valence-electron chi connectivity index (χ2n) is 6.22. The SMILES string of the molecule is Cc1ccc(Cl)cc1NS(=O)(=O)c1ccc(-c2nnc(-c3ccc(F)cc3)o2)[nH]1. The number of anilines is 1. The molecule has 0 aliphatic rings. The predicted molar refractivity (Wildman–Crippen MR) is 106 cm³/mol. The fourth-order valence-corrected chi connectivity index (χ4v) is 3.88. The molecule has 0 saturated carbocycles. The first-order chi connectivity index (χ1) is 13.8. The molecule has 0 radical (unpaired) electrons. The van der Waals surface area contributed by atoms with E-state index < -0.39 is 10.0 Å². The Morgan fingerprint density at radius 2 is 1.76 bits per heavy atom. The Hall–Kier alpha value is -3.17. The van der Waals surface area contributed by atoms with Gasteiger partial charge in [-0.2, -0.15) is 8.42 Å². The molecule has 0 bridgehead atoms. The fourth-order valence-electron chi connectivity index (χ4n) is 2.60. The molecule has 29 heavy (non-hydrogen) atoms. The molecule has 0 atom stereocenters. The topological polar surface area (TPSA) is 101 Å². The highest BCUT2D eigenvalue weighted by Gasteiger charge is 2.20. The molecule has 7 nitrogen and oxygen atoms in total. The molecule has 0 unspecified atom stereocenters. The minimum absolute atomic E-state index is 0.0755. The summed E-state index contributed by atoms with van der Waals surface area (Å²) in [5, 5.41) is 8.17. The molecule has 0 spiro atoms. The lowest BCUT2D eigenvalue weighted by atomic mass is 10.2. The van der Waals surface area contributed by atoms with Crippen LogP contribution in [0.3, 0.4) is 0 Å². The molecule has 2 aromatic heterocycles. The molecule has 148 valence electrons. The largest absolute Gasteiger partial charge is 0.415 e. The number of aryl methyl sites for hydroxylation is 1. The monoisotopic (exact) mass is 432 g/mol. The number of H-pyrrole nitrogens is 1. The number of rotatable bonds is 5. The van der Waals surface area contributed by atoms with Crippen LogP contribution in [0.1, 0.15) is 5.56 Å². The molecule has 4 rings (SSSR count). The number of aromatic nitrogens is 3. The van der Waals surface area contributed by atoms with E-state index in [2.05, 4.69) is 19.9 Å². The van der Waals surface area contributed by atoms with Crippen LogP contribution in [0.4, 0.5) is 10.1 Å². The predicted octanol–water partition coefficient (Wildman–Crippen LogP) is 4.63. The van der Waals surface area contributed by atoms with E-state index in [1.165, 1.54) is 42.5 Å². The van der Waals surface area contributed by atoms with Crippen LogP contribution in [0.25, 0.3) is 23.0 Å². The average molecular weight is 433 g/mol. The van der Waals surface area contributed by atoms with Crippen molar-refractivity contribution in [3.8, 4) is 23.0 Å². The number of halogens is 2. The molecule has 2 heterocycles. The lowest BCUT2D eigenvalue weighted by molar-refractivity contribution is 0.581. The van der Waals surface area contributed by atoms with Gasteiger partial charge in [-0.05, 0) is 61.0 Å². The summed E-state index contributed by atoms with van der Waals surface area (Å²) in [6.45, 7) is 1.77. The van der Waals surface area contributed by atoms with Crippen molar-refractivity contribution in [2.24, 2.45) is 0 Å². The lowest BCUT2D eigenvalue weighted by Gasteiger charge is -2.09. The lowest BCUT2D eigenvalue weighted by Crippen LogP contribution is -2.14. The minimum Gasteiger partial charge on any atom is -0.415 e. The minimum atomic E-state index is -3.89. The zero-order valence-corrected chi connectivity index (χ0v) is 16.6. The van der Waals surface area contributed by atoms with Gasteiger partial charge in [0.25, 0.3) is 15.9 Å². The van der Waals surface area contributed by atoms with Gasteiger partial charge >= 0.3 is 0 Å². The summed E-state index contributed by atoms with van der Waals surface area (Å²) in [6, 6.07) is 13.4. The van der Waals surface area contributed by atoms with E-state index in [-0.39, 0.29) is 22.6 Å². The second kappa shape index (κ2) is 7.34. The van der Waals surface area contributed by atoms with E-state index in [0.717, 1.165) is 5.56 Å². The van der Waals surface area contributed by atoms with E-state index in [1.54, 1.807) is 19.1 Å². The van der Waals surface area contributed by atoms with Crippen molar-refractivity contribution < 1.29 is 17.2 Å². The van der Waals surface area contributed by atoms with Crippen molar-refractivity contribution in [3.05, 3.63) is 71.0 Å². The van der Waals surface area contributed by atoms with Crippen LogP contribution in [-0.2, 0) is 10.0 Å². The first kappa shape index (κ1) is 19.2. The van der Waals surface area contributed by atoms with Crippen LogP contribution >= 0.6 is 11.6 Å². The standard InChI is InChI=1S/C19H14ClFN4O3S/c1-11-2-5-13(20)10-16(11)25-29(26,27)17-9-8-15(22-17)19-24-23-18(28-19)12-3-6-14(21)7-4-12/h2-10,22,25H,1H3.